The number of carbonyl (C=O) groups excluding carboxylic acids is 1. The van der Waals surface area contributed by atoms with Crippen LogP contribution in [-0.2, 0) is 4.79 Å². The molecule has 0 radical (unpaired) electrons. The molecule has 2 unspecified atom stereocenters. The lowest BCUT2D eigenvalue weighted by Crippen LogP contribution is -2.42. The SMILES string of the molecule is CNCC(C)C(=O)NC1CCN(c2ccccc2OC(F)F)C1. The van der Waals surface area contributed by atoms with Crippen LogP contribution in [0.3, 0.4) is 0 Å². The first-order valence-electron chi connectivity index (χ1n) is 7.75. The molecule has 1 heterocycles. The van der Waals surface area contributed by atoms with E-state index in [1.54, 1.807) is 25.2 Å². The highest BCUT2D eigenvalue weighted by Gasteiger charge is 2.27. The van der Waals surface area contributed by atoms with Crippen LogP contribution in [0.15, 0.2) is 24.3 Å². The molecule has 1 aromatic rings. The number of amides is 1. The van der Waals surface area contributed by atoms with Crippen LogP contribution in [0.1, 0.15) is 13.3 Å². The number of anilines is 1. The molecule has 0 spiro atoms. The Hall–Kier alpha value is -1.89. The van der Waals surface area contributed by atoms with Crippen LogP contribution >= 0.6 is 0 Å². The number of para-hydroxylation sites is 2. The quantitative estimate of drug-likeness (QED) is 0.802. The minimum atomic E-state index is -2.85. The molecule has 1 saturated heterocycles. The monoisotopic (exact) mass is 327 g/mol. The van der Waals surface area contributed by atoms with E-state index in [0.717, 1.165) is 6.42 Å². The Morgan fingerprint density at radius 1 is 1.43 bits per heavy atom. The van der Waals surface area contributed by atoms with Crippen molar-refractivity contribution in [2.45, 2.75) is 26.0 Å². The minimum Gasteiger partial charge on any atom is -0.433 e. The zero-order valence-electron chi connectivity index (χ0n) is 13.4. The molecule has 0 bridgehead atoms. The fourth-order valence-electron chi connectivity index (χ4n) is 2.75. The third-order valence-electron chi connectivity index (χ3n) is 3.91. The highest BCUT2D eigenvalue weighted by Crippen LogP contribution is 2.31. The molecule has 0 saturated carbocycles. The second-order valence-electron chi connectivity index (χ2n) is 5.75. The molecule has 23 heavy (non-hydrogen) atoms. The van der Waals surface area contributed by atoms with Crippen LogP contribution < -0.4 is 20.3 Å². The maximum atomic E-state index is 12.5. The molecular formula is C16H23F2N3O2. The van der Waals surface area contributed by atoms with Crippen molar-refractivity contribution in [3.63, 3.8) is 0 Å². The van der Waals surface area contributed by atoms with E-state index >= 15 is 0 Å². The highest BCUT2D eigenvalue weighted by atomic mass is 19.3. The number of benzene rings is 1. The van der Waals surface area contributed by atoms with Gasteiger partial charge in [-0.05, 0) is 25.6 Å². The minimum absolute atomic E-state index is 0.00307. The average Bonchev–Trinajstić information content (AvgIpc) is 2.95. The van der Waals surface area contributed by atoms with E-state index < -0.39 is 6.61 Å². The van der Waals surface area contributed by atoms with Crippen molar-refractivity contribution < 1.29 is 18.3 Å². The summed E-state index contributed by atoms with van der Waals surface area (Å²) in [5.74, 6) is 0.0600. The molecule has 0 aliphatic carbocycles. The summed E-state index contributed by atoms with van der Waals surface area (Å²) in [5.41, 5.74) is 0.632. The van der Waals surface area contributed by atoms with Crippen LogP contribution in [0, 0.1) is 5.92 Å². The van der Waals surface area contributed by atoms with Gasteiger partial charge >= 0.3 is 6.61 Å². The number of nitrogens with zero attached hydrogens (tertiary/aromatic N) is 1. The van der Waals surface area contributed by atoms with Gasteiger partial charge in [0.1, 0.15) is 5.75 Å². The van der Waals surface area contributed by atoms with Crippen molar-refractivity contribution in [2.24, 2.45) is 5.92 Å². The van der Waals surface area contributed by atoms with Gasteiger partial charge in [0.25, 0.3) is 0 Å². The molecule has 2 rings (SSSR count). The van der Waals surface area contributed by atoms with Crippen LogP contribution in [0.5, 0.6) is 5.75 Å². The molecule has 0 aromatic heterocycles. The van der Waals surface area contributed by atoms with E-state index in [2.05, 4.69) is 15.4 Å². The van der Waals surface area contributed by atoms with E-state index in [-0.39, 0.29) is 23.6 Å². The summed E-state index contributed by atoms with van der Waals surface area (Å²) in [4.78, 5) is 14.0. The summed E-state index contributed by atoms with van der Waals surface area (Å²) in [7, 11) is 1.81. The van der Waals surface area contributed by atoms with Crippen molar-refractivity contribution in [1.29, 1.82) is 0 Å². The lowest BCUT2D eigenvalue weighted by molar-refractivity contribution is -0.124. The van der Waals surface area contributed by atoms with Gasteiger partial charge in [0.05, 0.1) is 5.69 Å². The van der Waals surface area contributed by atoms with E-state index in [0.29, 0.717) is 25.3 Å². The van der Waals surface area contributed by atoms with Crippen LogP contribution in [0.25, 0.3) is 0 Å². The average molecular weight is 327 g/mol. The number of rotatable bonds is 7. The van der Waals surface area contributed by atoms with Gasteiger partial charge in [-0.3, -0.25) is 4.79 Å². The fraction of sp³-hybridized carbons (Fsp3) is 0.562. The van der Waals surface area contributed by atoms with E-state index in [1.807, 2.05) is 11.8 Å². The molecule has 1 aliphatic heterocycles. The van der Waals surface area contributed by atoms with E-state index in [4.69, 9.17) is 0 Å². The Kier molecular flexibility index (Phi) is 6.15. The molecule has 1 aliphatic rings. The Balaban J connectivity index is 1.96. The van der Waals surface area contributed by atoms with Gasteiger partial charge in [-0.2, -0.15) is 8.78 Å². The Bertz CT molecular complexity index is 528. The second kappa shape index (κ2) is 8.10. The topological polar surface area (TPSA) is 53.6 Å². The fourth-order valence-corrected chi connectivity index (χ4v) is 2.75. The standard InChI is InChI=1S/C16H23F2N3O2/c1-11(9-19-2)15(22)20-12-7-8-21(10-12)13-5-3-4-6-14(13)23-16(17)18/h3-6,11-12,16,19H,7-10H2,1-2H3,(H,20,22). The first-order valence-corrected chi connectivity index (χ1v) is 7.75. The third-order valence-corrected chi connectivity index (χ3v) is 3.91. The lowest BCUT2D eigenvalue weighted by Gasteiger charge is -2.22. The van der Waals surface area contributed by atoms with Gasteiger partial charge in [0.15, 0.2) is 0 Å². The van der Waals surface area contributed by atoms with Crippen LogP contribution in [-0.4, -0.2) is 45.2 Å². The number of nitrogens with one attached hydrogen (secondary N) is 2. The number of halogens is 2. The molecule has 5 nitrogen and oxygen atoms in total. The maximum absolute atomic E-state index is 12.5. The molecule has 2 atom stereocenters. The van der Waals surface area contributed by atoms with Crippen molar-refractivity contribution in [3.05, 3.63) is 24.3 Å². The summed E-state index contributed by atoms with van der Waals surface area (Å²) < 4.78 is 29.6. The van der Waals surface area contributed by atoms with Gasteiger partial charge in [-0.25, -0.2) is 0 Å². The third kappa shape index (κ3) is 4.79. The first-order chi connectivity index (χ1) is 11.0. The van der Waals surface area contributed by atoms with E-state index in [9.17, 15) is 13.6 Å². The zero-order chi connectivity index (χ0) is 16.8. The predicted octanol–water partition coefficient (Wildman–Crippen LogP) is 1.84. The second-order valence-corrected chi connectivity index (χ2v) is 5.75. The number of hydrogen-bond acceptors (Lipinski definition) is 4. The number of alkyl halides is 2. The van der Waals surface area contributed by atoms with Crippen LogP contribution in [0.4, 0.5) is 14.5 Å². The number of ether oxygens (including phenoxy) is 1. The zero-order valence-corrected chi connectivity index (χ0v) is 13.4. The van der Waals surface area contributed by atoms with Crippen molar-refractivity contribution in [3.8, 4) is 5.75 Å². The number of carbonyl (C=O) groups is 1. The summed E-state index contributed by atoms with van der Waals surface area (Å²) in [6.07, 6.45) is 0.779. The molecule has 2 N–H and O–H groups in total. The highest BCUT2D eigenvalue weighted by molar-refractivity contribution is 5.79. The molecular weight excluding hydrogens is 304 g/mol. The normalized spacial score (nSPS) is 19.0. The largest absolute Gasteiger partial charge is 0.433 e. The maximum Gasteiger partial charge on any atom is 0.387 e. The van der Waals surface area contributed by atoms with Crippen molar-refractivity contribution in [1.82, 2.24) is 10.6 Å². The lowest BCUT2D eigenvalue weighted by atomic mass is 10.1. The summed E-state index contributed by atoms with van der Waals surface area (Å²) in [6.45, 7) is 0.908. The summed E-state index contributed by atoms with van der Waals surface area (Å²) in [5, 5.41) is 5.99. The van der Waals surface area contributed by atoms with Crippen LogP contribution in [0.2, 0.25) is 0 Å². The van der Waals surface area contributed by atoms with Gasteiger partial charge in [-0.15, -0.1) is 0 Å². The smallest absolute Gasteiger partial charge is 0.387 e. The van der Waals surface area contributed by atoms with Gasteiger partial charge in [0.2, 0.25) is 5.91 Å². The van der Waals surface area contributed by atoms with Gasteiger partial charge < -0.3 is 20.3 Å². The van der Waals surface area contributed by atoms with Gasteiger partial charge in [0, 0.05) is 31.6 Å². The molecule has 7 heteroatoms. The first kappa shape index (κ1) is 17.5. The number of hydrogen-bond donors (Lipinski definition) is 2. The Labute approximate surface area is 135 Å². The van der Waals surface area contributed by atoms with Crippen molar-refractivity contribution in [2.75, 3.05) is 31.6 Å². The molecule has 128 valence electrons. The molecule has 1 aromatic carbocycles. The molecule has 1 fully saturated rings. The Morgan fingerprint density at radius 2 is 2.17 bits per heavy atom. The Morgan fingerprint density at radius 3 is 2.87 bits per heavy atom. The molecule has 1 amide bonds. The summed E-state index contributed by atoms with van der Waals surface area (Å²) >= 11 is 0. The van der Waals surface area contributed by atoms with Crippen molar-refractivity contribution >= 4 is 11.6 Å². The van der Waals surface area contributed by atoms with Gasteiger partial charge in [-0.1, -0.05) is 19.1 Å². The predicted molar refractivity (Wildman–Crippen MR) is 84.9 cm³/mol. The summed E-state index contributed by atoms with van der Waals surface area (Å²) in [6, 6.07) is 6.75. The van der Waals surface area contributed by atoms with E-state index in [1.165, 1.54) is 6.07 Å².